The van der Waals surface area contributed by atoms with Crippen molar-refractivity contribution >= 4 is 22.5 Å². The van der Waals surface area contributed by atoms with Gasteiger partial charge >= 0.3 is 0 Å². The van der Waals surface area contributed by atoms with Gasteiger partial charge in [0.05, 0.1) is 11.9 Å². The van der Waals surface area contributed by atoms with E-state index in [0.717, 1.165) is 47.7 Å². The number of hydrogen-bond acceptors (Lipinski definition) is 4. The molecule has 1 aromatic carbocycles. The fraction of sp³-hybridized carbons (Fsp3) is 0.368. The standard InChI is InChI=1S/C19H21N5O/c1-24-17(12-21-23-24)14-7-8-15-11-20-18(10-16(15)9-14)22-19(25)13-5-3-2-4-6-13/h7-13H,2-6H2,1H3,(H,20,22,25). The number of hydrogen-bond donors (Lipinski definition) is 1. The minimum absolute atomic E-state index is 0.0959. The van der Waals surface area contributed by atoms with Gasteiger partial charge in [-0.05, 0) is 30.4 Å². The number of aryl methyl sites for hydroxylation is 1. The predicted octanol–water partition coefficient (Wildman–Crippen LogP) is 3.55. The van der Waals surface area contributed by atoms with Gasteiger partial charge in [0.1, 0.15) is 5.82 Å². The molecule has 1 aliphatic rings. The van der Waals surface area contributed by atoms with E-state index in [0.29, 0.717) is 5.82 Å². The molecule has 4 rings (SSSR count). The molecular weight excluding hydrogens is 314 g/mol. The Hall–Kier alpha value is -2.76. The van der Waals surface area contributed by atoms with Crippen molar-refractivity contribution in [3.63, 3.8) is 0 Å². The molecule has 0 aliphatic heterocycles. The van der Waals surface area contributed by atoms with Crippen molar-refractivity contribution in [2.45, 2.75) is 32.1 Å². The summed E-state index contributed by atoms with van der Waals surface area (Å²) in [7, 11) is 1.87. The predicted molar refractivity (Wildman–Crippen MR) is 96.9 cm³/mol. The second kappa shape index (κ2) is 6.63. The maximum Gasteiger partial charge on any atom is 0.228 e. The number of rotatable bonds is 3. The first-order valence-corrected chi connectivity index (χ1v) is 8.76. The van der Waals surface area contributed by atoms with Crippen LogP contribution in [-0.2, 0) is 11.8 Å². The van der Waals surface area contributed by atoms with E-state index in [9.17, 15) is 4.79 Å². The molecule has 0 spiro atoms. The Kier molecular flexibility index (Phi) is 4.17. The number of carbonyl (C=O) groups excluding carboxylic acids is 1. The van der Waals surface area contributed by atoms with Crippen LogP contribution in [0.5, 0.6) is 0 Å². The van der Waals surface area contributed by atoms with E-state index in [2.05, 4.69) is 26.7 Å². The summed E-state index contributed by atoms with van der Waals surface area (Å²) < 4.78 is 1.74. The summed E-state index contributed by atoms with van der Waals surface area (Å²) in [5.41, 5.74) is 1.99. The summed E-state index contributed by atoms with van der Waals surface area (Å²) in [6.45, 7) is 0. The maximum absolute atomic E-state index is 12.4. The summed E-state index contributed by atoms with van der Waals surface area (Å²) in [4.78, 5) is 16.8. The number of carbonyl (C=O) groups is 1. The second-order valence-electron chi connectivity index (χ2n) is 6.70. The molecule has 0 unspecified atom stereocenters. The normalized spacial score (nSPS) is 15.4. The number of fused-ring (bicyclic) bond motifs is 1. The van der Waals surface area contributed by atoms with Gasteiger partial charge in [0, 0.05) is 30.1 Å². The number of aromatic nitrogens is 4. The highest BCUT2D eigenvalue weighted by Crippen LogP contribution is 2.27. The van der Waals surface area contributed by atoms with Gasteiger partial charge in [0.15, 0.2) is 0 Å². The molecule has 3 aromatic rings. The van der Waals surface area contributed by atoms with Crippen molar-refractivity contribution < 1.29 is 4.79 Å². The van der Waals surface area contributed by atoms with Gasteiger partial charge in [-0.25, -0.2) is 9.67 Å². The van der Waals surface area contributed by atoms with Crippen LogP contribution in [0.3, 0.4) is 0 Å². The zero-order chi connectivity index (χ0) is 17.2. The van der Waals surface area contributed by atoms with Gasteiger partial charge in [0.25, 0.3) is 0 Å². The highest BCUT2D eigenvalue weighted by molar-refractivity contribution is 5.95. The zero-order valence-corrected chi connectivity index (χ0v) is 14.3. The molecular formula is C19H21N5O. The van der Waals surface area contributed by atoms with Crippen LogP contribution in [0.25, 0.3) is 22.0 Å². The fourth-order valence-corrected chi connectivity index (χ4v) is 3.51. The third-order valence-electron chi connectivity index (χ3n) is 4.96. The summed E-state index contributed by atoms with van der Waals surface area (Å²) in [6.07, 6.45) is 9.04. The molecule has 1 fully saturated rings. The van der Waals surface area contributed by atoms with Crippen LogP contribution >= 0.6 is 0 Å². The van der Waals surface area contributed by atoms with Crippen molar-refractivity contribution in [1.29, 1.82) is 0 Å². The van der Waals surface area contributed by atoms with Crippen LogP contribution in [-0.4, -0.2) is 25.9 Å². The highest BCUT2D eigenvalue weighted by Gasteiger charge is 2.21. The number of benzene rings is 1. The van der Waals surface area contributed by atoms with Crippen molar-refractivity contribution in [2.24, 2.45) is 13.0 Å². The molecule has 6 heteroatoms. The summed E-state index contributed by atoms with van der Waals surface area (Å²) >= 11 is 0. The van der Waals surface area contributed by atoms with Gasteiger partial charge in [-0.3, -0.25) is 4.79 Å². The number of anilines is 1. The lowest BCUT2D eigenvalue weighted by Crippen LogP contribution is -2.25. The summed E-state index contributed by atoms with van der Waals surface area (Å²) in [5.74, 6) is 0.833. The molecule has 2 heterocycles. The monoisotopic (exact) mass is 335 g/mol. The first-order valence-electron chi connectivity index (χ1n) is 8.76. The van der Waals surface area contributed by atoms with E-state index in [1.165, 1.54) is 6.42 Å². The topological polar surface area (TPSA) is 72.7 Å². The van der Waals surface area contributed by atoms with E-state index in [4.69, 9.17) is 0 Å². The molecule has 1 aliphatic carbocycles. The molecule has 0 bridgehead atoms. The molecule has 128 valence electrons. The Morgan fingerprint density at radius 1 is 1.12 bits per heavy atom. The number of pyridine rings is 1. The molecule has 0 atom stereocenters. The van der Waals surface area contributed by atoms with E-state index in [1.807, 2.05) is 25.2 Å². The van der Waals surface area contributed by atoms with Crippen LogP contribution in [0.2, 0.25) is 0 Å². The molecule has 1 saturated carbocycles. The van der Waals surface area contributed by atoms with Crippen molar-refractivity contribution in [1.82, 2.24) is 20.0 Å². The maximum atomic E-state index is 12.4. The quantitative estimate of drug-likeness (QED) is 0.794. The van der Waals surface area contributed by atoms with Crippen LogP contribution in [0.1, 0.15) is 32.1 Å². The van der Waals surface area contributed by atoms with E-state index >= 15 is 0 Å². The van der Waals surface area contributed by atoms with Crippen molar-refractivity contribution in [2.75, 3.05) is 5.32 Å². The largest absolute Gasteiger partial charge is 0.310 e. The lowest BCUT2D eigenvalue weighted by Gasteiger charge is -2.20. The number of nitrogens with one attached hydrogen (secondary N) is 1. The van der Waals surface area contributed by atoms with E-state index in [-0.39, 0.29) is 11.8 Å². The Bertz CT molecular complexity index is 911. The van der Waals surface area contributed by atoms with Crippen LogP contribution in [0.15, 0.2) is 36.7 Å². The third-order valence-corrected chi connectivity index (χ3v) is 4.96. The molecule has 25 heavy (non-hydrogen) atoms. The molecule has 1 amide bonds. The highest BCUT2D eigenvalue weighted by atomic mass is 16.1. The minimum atomic E-state index is 0.0959. The fourth-order valence-electron chi connectivity index (χ4n) is 3.51. The van der Waals surface area contributed by atoms with E-state index in [1.54, 1.807) is 17.1 Å². The molecule has 0 saturated heterocycles. The average Bonchev–Trinajstić information content (AvgIpc) is 3.08. The van der Waals surface area contributed by atoms with Gasteiger partial charge in [0.2, 0.25) is 5.91 Å². The molecule has 6 nitrogen and oxygen atoms in total. The lowest BCUT2D eigenvalue weighted by atomic mass is 9.89. The van der Waals surface area contributed by atoms with Crippen LogP contribution < -0.4 is 5.32 Å². The number of nitrogens with zero attached hydrogens (tertiary/aromatic N) is 4. The van der Waals surface area contributed by atoms with Gasteiger partial charge in [-0.2, -0.15) is 0 Å². The third kappa shape index (κ3) is 3.24. The van der Waals surface area contributed by atoms with Crippen LogP contribution in [0, 0.1) is 5.92 Å². The summed E-state index contributed by atoms with van der Waals surface area (Å²) in [5, 5.41) is 13.0. The number of amides is 1. The van der Waals surface area contributed by atoms with Crippen molar-refractivity contribution in [3.8, 4) is 11.3 Å². The first kappa shape index (κ1) is 15.7. The Morgan fingerprint density at radius 3 is 2.72 bits per heavy atom. The summed E-state index contributed by atoms with van der Waals surface area (Å²) in [6, 6.07) is 8.07. The van der Waals surface area contributed by atoms with Gasteiger partial charge in [-0.15, -0.1) is 5.10 Å². The van der Waals surface area contributed by atoms with E-state index < -0.39 is 0 Å². The minimum Gasteiger partial charge on any atom is -0.310 e. The lowest BCUT2D eigenvalue weighted by molar-refractivity contribution is -0.120. The molecule has 0 radical (unpaired) electrons. The van der Waals surface area contributed by atoms with Gasteiger partial charge < -0.3 is 5.32 Å². The Morgan fingerprint density at radius 2 is 1.96 bits per heavy atom. The average molecular weight is 335 g/mol. The SMILES string of the molecule is Cn1nncc1-c1ccc2cnc(NC(=O)C3CCCCC3)cc2c1. The Balaban J connectivity index is 1.60. The Labute approximate surface area is 146 Å². The first-order chi connectivity index (χ1) is 12.2. The second-order valence-corrected chi connectivity index (χ2v) is 6.70. The molecule has 1 N–H and O–H groups in total. The smallest absolute Gasteiger partial charge is 0.228 e. The zero-order valence-electron chi connectivity index (χ0n) is 14.3. The van der Waals surface area contributed by atoms with Crippen LogP contribution in [0.4, 0.5) is 5.82 Å². The van der Waals surface area contributed by atoms with Gasteiger partial charge in [-0.1, -0.05) is 36.6 Å². The molecule has 2 aromatic heterocycles. The van der Waals surface area contributed by atoms with Crippen molar-refractivity contribution in [3.05, 3.63) is 36.7 Å².